The van der Waals surface area contributed by atoms with Crippen LogP contribution in [0.2, 0.25) is 0 Å². The van der Waals surface area contributed by atoms with Crippen LogP contribution in [0.25, 0.3) is 0 Å². The van der Waals surface area contributed by atoms with E-state index in [0.29, 0.717) is 60.2 Å². The minimum atomic E-state index is -0.352. The van der Waals surface area contributed by atoms with Gasteiger partial charge in [0.2, 0.25) is 0 Å². The monoisotopic (exact) mass is 477 g/mol. The average molecular weight is 478 g/mol. The normalized spacial score (nSPS) is 10.4. The van der Waals surface area contributed by atoms with Gasteiger partial charge in [-0.1, -0.05) is 24.3 Å². The molecule has 3 rings (SSSR count). The van der Waals surface area contributed by atoms with Crippen molar-refractivity contribution in [2.24, 2.45) is 5.73 Å². The van der Waals surface area contributed by atoms with Crippen molar-refractivity contribution in [1.29, 1.82) is 0 Å². The molecule has 0 unspecified atom stereocenters. The van der Waals surface area contributed by atoms with E-state index < -0.39 is 0 Å². The zero-order valence-electron chi connectivity index (χ0n) is 20.2. The SMILES string of the molecule is COc1cc(C)ccc1CNC(=O)c1ccc(NC(=O)c2ccccc2OCCCN)c(OC)c1. The lowest BCUT2D eigenvalue weighted by molar-refractivity contribution is 0.0949. The number of benzene rings is 3. The number of methoxy groups -OCH3 is 2. The second-order valence-corrected chi connectivity index (χ2v) is 7.85. The summed E-state index contributed by atoms with van der Waals surface area (Å²) in [5, 5.41) is 5.73. The summed E-state index contributed by atoms with van der Waals surface area (Å²) in [6.45, 7) is 3.21. The molecule has 0 aliphatic rings. The van der Waals surface area contributed by atoms with Gasteiger partial charge in [-0.3, -0.25) is 9.59 Å². The third-order valence-corrected chi connectivity index (χ3v) is 5.33. The molecule has 0 fully saturated rings. The molecule has 35 heavy (non-hydrogen) atoms. The molecule has 0 atom stereocenters. The largest absolute Gasteiger partial charge is 0.496 e. The van der Waals surface area contributed by atoms with Crippen LogP contribution in [0.15, 0.2) is 60.7 Å². The second-order valence-electron chi connectivity index (χ2n) is 7.85. The van der Waals surface area contributed by atoms with Crippen molar-refractivity contribution in [3.05, 3.63) is 82.9 Å². The zero-order chi connectivity index (χ0) is 25.2. The van der Waals surface area contributed by atoms with E-state index in [1.54, 1.807) is 49.6 Å². The number of hydrogen-bond donors (Lipinski definition) is 3. The highest BCUT2D eigenvalue weighted by Gasteiger charge is 2.16. The molecule has 0 bridgehead atoms. The lowest BCUT2D eigenvalue weighted by Gasteiger charge is -2.14. The van der Waals surface area contributed by atoms with Gasteiger partial charge in [-0.25, -0.2) is 0 Å². The molecule has 0 aliphatic heterocycles. The standard InChI is InChI=1S/C27H31N3O5/c1-18-9-10-20(24(15-18)33-2)17-29-26(31)19-11-12-22(25(16-19)34-3)30-27(32)21-7-4-5-8-23(21)35-14-6-13-28/h4-5,7-12,15-16H,6,13-14,17,28H2,1-3H3,(H,29,31)(H,30,32). The van der Waals surface area contributed by atoms with Crippen LogP contribution in [0.4, 0.5) is 5.69 Å². The number of para-hydroxylation sites is 1. The molecule has 0 aromatic heterocycles. The van der Waals surface area contributed by atoms with Gasteiger partial charge in [0.15, 0.2) is 0 Å². The Morgan fingerprint density at radius 1 is 0.886 bits per heavy atom. The van der Waals surface area contributed by atoms with E-state index in [1.807, 2.05) is 25.1 Å². The summed E-state index contributed by atoms with van der Waals surface area (Å²) in [6, 6.07) is 17.6. The quantitative estimate of drug-likeness (QED) is 0.361. The lowest BCUT2D eigenvalue weighted by Crippen LogP contribution is -2.23. The number of carbonyl (C=O) groups excluding carboxylic acids is 2. The first-order chi connectivity index (χ1) is 17.0. The highest BCUT2D eigenvalue weighted by atomic mass is 16.5. The molecule has 0 saturated carbocycles. The third kappa shape index (κ3) is 6.74. The summed E-state index contributed by atoms with van der Waals surface area (Å²) in [5.74, 6) is 0.923. The van der Waals surface area contributed by atoms with Crippen LogP contribution >= 0.6 is 0 Å². The van der Waals surface area contributed by atoms with Gasteiger partial charge < -0.3 is 30.6 Å². The number of aryl methyl sites for hydroxylation is 1. The fourth-order valence-electron chi connectivity index (χ4n) is 3.45. The van der Waals surface area contributed by atoms with Crippen molar-refractivity contribution in [3.8, 4) is 17.2 Å². The van der Waals surface area contributed by atoms with Gasteiger partial charge in [-0.2, -0.15) is 0 Å². The number of hydrogen-bond acceptors (Lipinski definition) is 6. The molecule has 4 N–H and O–H groups in total. The van der Waals surface area contributed by atoms with Gasteiger partial charge in [0, 0.05) is 17.7 Å². The number of ether oxygens (including phenoxy) is 3. The predicted molar refractivity (Wildman–Crippen MR) is 135 cm³/mol. The first kappa shape index (κ1) is 25.6. The lowest BCUT2D eigenvalue weighted by atomic mass is 10.1. The van der Waals surface area contributed by atoms with Crippen LogP contribution in [0, 0.1) is 6.92 Å². The van der Waals surface area contributed by atoms with Crippen molar-refractivity contribution >= 4 is 17.5 Å². The molecule has 0 spiro atoms. The van der Waals surface area contributed by atoms with E-state index >= 15 is 0 Å². The maximum atomic E-state index is 12.9. The van der Waals surface area contributed by atoms with E-state index in [-0.39, 0.29) is 11.8 Å². The van der Waals surface area contributed by atoms with Crippen LogP contribution in [0.5, 0.6) is 17.2 Å². The molecule has 0 aliphatic carbocycles. The summed E-state index contributed by atoms with van der Waals surface area (Å²) in [4.78, 5) is 25.7. The molecule has 3 aromatic rings. The first-order valence-electron chi connectivity index (χ1n) is 11.3. The molecule has 0 heterocycles. The Bertz CT molecular complexity index is 1180. The van der Waals surface area contributed by atoms with E-state index in [1.165, 1.54) is 7.11 Å². The molecule has 2 amide bonds. The van der Waals surface area contributed by atoms with Gasteiger partial charge in [0.25, 0.3) is 11.8 Å². The fourth-order valence-corrected chi connectivity index (χ4v) is 3.45. The minimum absolute atomic E-state index is 0.276. The van der Waals surface area contributed by atoms with Gasteiger partial charge in [-0.15, -0.1) is 0 Å². The average Bonchev–Trinajstić information content (AvgIpc) is 2.88. The van der Waals surface area contributed by atoms with Crippen molar-refractivity contribution in [3.63, 3.8) is 0 Å². The number of carbonyl (C=O) groups is 2. The Morgan fingerprint density at radius 3 is 2.40 bits per heavy atom. The van der Waals surface area contributed by atoms with Gasteiger partial charge in [0.1, 0.15) is 17.2 Å². The van der Waals surface area contributed by atoms with Gasteiger partial charge in [0.05, 0.1) is 32.1 Å². The van der Waals surface area contributed by atoms with E-state index in [2.05, 4.69) is 10.6 Å². The zero-order valence-corrected chi connectivity index (χ0v) is 20.2. The number of rotatable bonds is 11. The molecule has 184 valence electrons. The fraction of sp³-hybridized carbons (Fsp3) is 0.259. The maximum Gasteiger partial charge on any atom is 0.259 e. The summed E-state index contributed by atoms with van der Waals surface area (Å²) in [7, 11) is 3.08. The predicted octanol–water partition coefficient (Wildman–Crippen LogP) is 3.92. The van der Waals surface area contributed by atoms with Crippen LogP contribution in [0.1, 0.15) is 38.3 Å². The number of nitrogens with one attached hydrogen (secondary N) is 2. The first-order valence-corrected chi connectivity index (χ1v) is 11.3. The molecular weight excluding hydrogens is 446 g/mol. The van der Waals surface area contributed by atoms with Crippen LogP contribution in [-0.4, -0.2) is 39.2 Å². The minimum Gasteiger partial charge on any atom is -0.496 e. The Kier molecular flexibility index (Phi) is 9.09. The van der Waals surface area contributed by atoms with Crippen molar-refractivity contribution in [1.82, 2.24) is 5.32 Å². The summed E-state index contributed by atoms with van der Waals surface area (Å²) in [5.41, 5.74) is 8.69. The van der Waals surface area contributed by atoms with Crippen LogP contribution < -0.4 is 30.6 Å². The highest BCUT2D eigenvalue weighted by Crippen LogP contribution is 2.28. The maximum absolute atomic E-state index is 12.9. The molecule has 0 saturated heterocycles. The number of nitrogens with two attached hydrogens (primary N) is 1. The highest BCUT2D eigenvalue weighted by molar-refractivity contribution is 6.07. The molecular formula is C27H31N3O5. The van der Waals surface area contributed by atoms with E-state index in [4.69, 9.17) is 19.9 Å². The van der Waals surface area contributed by atoms with Gasteiger partial charge >= 0.3 is 0 Å². The summed E-state index contributed by atoms with van der Waals surface area (Å²) >= 11 is 0. The molecule has 8 heteroatoms. The van der Waals surface area contributed by atoms with E-state index in [0.717, 1.165) is 11.1 Å². The summed E-state index contributed by atoms with van der Waals surface area (Å²) < 4.78 is 16.5. The Hall–Kier alpha value is -4.04. The van der Waals surface area contributed by atoms with Crippen molar-refractivity contribution in [2.75, 3.05) is 32.7 Å². The summed E-state index contributed by atoms with van der Waals surface area (Å²) in [6.07, 6.45) is 0.685. The van der Waals surface area contributed by atoms with Crippen LogP contribution in [-0.2, 0) is 6.54 Å². The Labute approximate surface area is 205 Å². The van der Waals surface area contributed by atoms with Gasteiger partial charge in [-0.05, 0) is 61.9 Å². The number of anilines is 1. The molecule has 3 aromatic carbocycles. The molecule has 8 nitrogen and oxygen atoms in total. The Morgan fingerprint density at radius 2 is 1.66 bits per heavy atom. The van der Waals surface area contributed by atoms with Crippen LogP contribution in [0.3, 0.4) is 0 Å². The Balaban J connectivity index is 1.71. The number of amides is 2. The third-order valence-electron chi connectivity index (χ3n) is 5.33. The van der Waals surface area contributed by atoms with Crippen molar-refractivity contribution < 1.29 is 23.8 Å². The molecule has 0 radical (unpaired) electrons. The topological polar surface area (TPSA) is 112 Å². The smallest absolute Gasteiger partial charge is 0.259 e. The van der Waals surface area contributed by atoms with E-state index in [9.17, 15) is 9.59 Å². The van der Waals surface area contributed by atoms with Crippen molar-refractivity contribution in [2.45, 2.75) is 19.9 Å². The second kappa shape index (κ2) is 12.4.